The Kier molecular flexibility index (Phi) is 5.96. The van der Waals surface area contributed by atoms with Crippen molar-refractivity contribution in [1.29, 1.82) is 5.26 Å². The summed E-state index contributed by atoms with van der Waals surface area (Å²) in [6.07, 6.45) is 4.51. The quantitative estimate of drug-likeness (QED) is 0.350. The van der Waals surface area contributed by atoms with Gasteiger partial charge in [-0.25, -0.2) is 13.9 Å². The van der Waals surface area contributed by atoms with Crippen LogP contribution in [-0.4, -0.2) is 34.7 Å². The maximum atomic E-state index is 13.4. The molecule has 8 heteroatoms. The first-order valence-corrected chi connectivity index (χ1v) is 12.5. The van der Waals surface area contributed by atoms with Crippen molar-refractivity contribution in [2.24, 2.45) is 0 Å². The van der Waals surface area contributed by atoms with Gasteiger partial charge in [0.25, 0.3) is 0 Å². The normalized spacial score (nSPS) is 13.9. The molecular formula is C26H27FN6S. The minimum atomic E-state index is -0.311. The average molecular weight is 475 g/mol. The molecule has 0 bridgehead atoms. The molecule has 1 saturated heterocycles. The Morgan fingerprint density at radius 1 is 1.15 bits per heavy atom. The number of piperidine rings is 1. The first-order valence-electron chi connectivity index (χ1n) is 11.7. The fraction of sp³-hybridized carbons (Fsp3) is 0.346. The first-order chi connectivity index (χ1) is 16.5. The van der Waals surface area contributed by atoms with Gasteiger partial charge in [-0.3, -0.25) is 0 Å². The van der Waals surface area contributed by atoms with Crippen molar-refractivity contribution >= 4 is 33.4 Å². The highest BCUT2D eigenvalue weighted by molar-refractivity contribution is 7.16. The highest BCUT2D eigenvalue weighted by Crippen LogP contribution is 2.39. The predicted molar refractivity (Wildman–Crippen MR) is 136 cm³/mol. The summed E-state index contributed by atoms with van der Waals surface area (Å²) in [5, 5.41) is 15.4. The molecule has 0 amide bonds. The van der Waals surface area contributed by atoms with Gasteiger partial charge in [0.15, 0.2) is 5.13 Å². The van der Waals surface area contributed by atoms with Crippen LogP contribution < -0.4 is 9.80 Å². The number of halogens is 1. The van der Waals surface area contributed by atoms with Crippen molar-refractivity contribution in [1.82, 2.24) is 14.6 Å². The van der Waals surface area contributed by atoms with Gasteiger partial charge in [-0.05, 0) is 69.0 Å². The second-order valence-electron chi connectivity index (χ2n) is 8.70. The molecule has 6 nitrogen and oxygen atoms in total. The lowest BCUT2D eigenvalue weighted by molar-refractivity contribution is 0.577. The number of rotatable bonds is 5. The number of anilines is 3. The van der Waals surface area contributed by atoms with Gasteiger partial charge in [-0.15, -0.1) is 0 Å². The third-order valence-electron chi connectivity index (χ3n) is 6.45. The van der Waals surface area contributed by atoms with Crippen molar-refractivity contribution < 1.29 is 4.39 Å². The van der Waals surface area contributed by atoms with Crippen LogP contribution in [-0.2, 0) is 6.42 Å². The number of hydrogen-bond acceptors (Lipinski definition) is 6. The molecule has 4 aromatic rings. The Bertz CT molecular complexity index is 1380. The van der Waals surface area contributed by atoms with Crippen LogP contribution in [0, 0.1) is 24.1 Å². The van der Waals surface area contributed by atoms with Crippen molar-refractivity contribution in [3.63, 3.8) is 0 Å². The third kappa shape index (κ3) is 3.90. The average Bonchev–Trinajstić information content (AvgIpc) is 3.46. The van der Waals surface area contributed by atoms with Crippen molar-refractivity contribution in [3.05, 3.63) is 58.5 Å². The monoisotopic (exact) mass is 474 g/mol. The molecule has 0 radical (unpaired) electrons. The van der Waals surface area contributed by atoms with Crippen molar-refractivity contribution in [3.8, 4) is 17.3 Å². The van der Waals surface area contributed by atoms with Crippen LogP contribution in [0.4, 0.5) is 20.9 Å². The summed E-state index contributed by atoms with van der Waals surface area (Å²) in [4.78, 5) is 9.82. The van der Waals surface area contributed by atoms with Crippen LogP contribution in [0.1, 0.15) is 42.5 Å². The SMILES string of the molecule is CCc1nn2c(C)cc(N3CCCCC3)cc2c1N(C)c1nc(-c2ccc(F)cc2)c(C#N)s1. The molecule has 0 atom stereocenters. The number of aryl methyl sites for hydroxylation is 2. The Balaban J connectivity index is 1.61. The molecule has 174 valence electrons. The van der Waals surface area contributed by atoms with E-state index in [1.807, 2.05) is 16.5 Å². The number of hydrogen-bond donors (Lipinski definition) is 0. The molecule has 5 rings (SSSR count). The third-order valence-corrected chi connectivity index (χ3v) is 7.49. The summed E-state index contributed by atoms with van der Waals surface area (Å²) in [7, 11) is 1.98. The number of nitriles is 1. The molecule has 0 saturated carbocycles. The number of thiazole rings is 1. The van der Waals surface area contributed by atoms with E-state index in [-0.39, 0.29) is 5.82 Å². The van der Waals surface area contributed by atoms with E-state index in [1.54, 1.807) is 12.1 Å². The van der Waals surface area contributed by atoms with Crippen LogP contribution in [0.25, 0.3) is 16.8 Å². The lowest BCUT2D eigenvalue weighted by Gasteiger charge is -2.29. The summed E-state index contributed by atoms with van der Waals surface area (Å²) < 4.78 is 15.4. The van der Waals surface area contributed by atoms with E-state index in [9.17, 15) is 9.65 Å². The molecular weight excluding hydrogens is 447 g/mol. The van der Waals surface area contributed by atoms with E-state index < -0.39 is 0 Å². The number of fused-ring (bicyclic) bond motifs is 1. The zero-order chi connectivity index (χ0) is 23.8. The van der Waals surface area contributed by atoms with E-state index in [4.69, 9.17) is 10.1 Å². The van der Waals surface area contributed by atoms with E-state index in [2.05, 4.69) is 36.9 Å². The topological polar surface area (TPSA) is 60.5 Å². The molecule has 1 fully saturated rings. The molecule has 34 heavy (non-hydrogen) atoms. The highest BCUT2D eigenvalue weighted by Gasteiger charge is 2.23. The predicted octanol–water partition coefficient (Wildman–Crippen LogP) is 6.10. The largest absolute Gasteiger partial charge is 0.371 e. The highest BCUT2D eigenvalue weighted by atomic mass is 32.1. The Morgan fingerprint density at radius 2 is 1.88 bits per heavy atom. The van der Waals surface area contributed by atoms with Gasteiger partial charge < -0.3 is 9.80 Å². The zero-order valence-corrected chi connectivity index (χ0v) is 20.5. The Labute approximate surface area is 202 Å². The molecule has 1 aromatic carbocycles. The van der Waals surface area contributed by atoms with Crippen LogP contribution in [0.15, 0.2) is 36.4 Å². The Morgan fingerprint density at radius 3 is 2.56 bits per heavy atom. The number of benzene rings is 1. The molecule has 0 unspecified atom stereocenters. The van der Waals surface area contributed by atoms with Gasteiger partial charge in [0.1, 0.15) is 22.5 Å². The number of nitrogens with zero attached hydrogens (tertiary/aromatic N) is 6. The number of pyridine rings is 1. The fourth-order valence-corrected chi connectivity index (χ4v) is 5.54. The molecule has 3 aromatic heterocycles. The lowest BCUT2D eigenvalue weighted by Crippen LogP contribution is -2.29. The van der Waals surface area contributed by atoms with E-state index in [1.165, 1.54) is 48.4 Å². The summed E-state index contributed by atoms with van der Waals surface area (Å²) in [6.45, 7) is 6.36. The smallest absolute Gasteiger partial charge is 0.191 e. The second-order valence-corrected chi connectivity index (χ2v) is 9.68. The summed E-state index contributed by atoms with van der Waals surface area (Å²) in [6, 6.07) is 12.8. The van der Waals surface area contributed by atoms with Gasteiger partial charge in [0, 0.05) is 37.1 Å². The van der Waals surface area contributed by atoms with Gasteiger partial charge >= 0.3 is 0 Å². The molecule has 1 aliphatic rings. The van der Waals surface area contributed by atoms with Crippen LogP contribution >= 0.6 is 11.3 Å². The van der Waals surface area contributed by atoms with Gasteiger partial charge in [-0.1, -0.05) is 18.3 Å². The molecule has 4 heterocycles. The Hall–Kier alpha value is -3.44. The summed E-state index contributed by atoms with van der Waals surface area (Å²) in [5.74, 6) is -0.311. The minimum Gasteiger partial charge on any atom is -0.371 e. The maximum Gasteiger partial charge on any atom is 0.191 e. The molecule has 0 aliphatic carbocycles. The maximum absolute atomic E-state index is 13.4. The summed E-state index contributed by atoms with van der Waals surface area (Å²) >= 11 is 1.34. The minimum absolute atomic E-state index is 0.311. The standard InChI is InChI=1S/C26H27FN6S/c1-4-21-25(22-15-20(14-17(2)33(22)30-21)32-12-6-5-7-13-32)31(3)26-29-24(23(16-28)34-26)18-8-10-19(27)11-9-18/h8-11,14-15H,4-7,12-13H2,1-3H3. The van der Waals surface area contributed by atoms with Gasteiger partial charge in [0.05, 0.1) is 16.9 Å². The second kappa shape index (κ2) is 9.07. The van der Waals surface area contributed by atoms with E-state index in [0.717, 1.165) is 47.7 Å². The number of aromatic nitrogens is 3. The van der Waals surface area contributed by atoms with Crippen LogP contribution in [0.2, 0.25) is 0 Å². The molecule has 0 spiro atoms. The van der Waals surface area contributed by atoms with E-state index >= 15 is 0 Å². The molecule has 0 N–H and O–H groups in total. The summed E-state index contributed by atoms with van der Waals surface area (Å²) in [5.41, 5.74) is 6.66. The lowest BCUT2D eigenvalue weighted by atomic mass is 10.1. The van der Waals surface area contributed by atoms with Crippen LogP contribution in [0.5, 0.6) is 0 Å². The van der Waals surface area contributed by atoms with Crippen molar-refractivity contribution in [2.75, 3.05) is 29.9 Å². The molecule has 1 aliphatic heterocycles. The van der Waals surface area contributed by atoms with Crippen LogP contribution in [0.3, 0.4) is 0 Å². The van der Waals surface area contributed by atoms with Gasteiger partial charge in [-0.2, -0.15) is 10.4 Å². The van der Waals surface area contributed by atoms with Crippen molar-refractivity contribution in [2.45, 2.75) is 39.5 Å². The zero-order valence-electron chi connectivity index (χ0n) is 19.7. The first kappa shape index (κ1) is 22.4. The fourth-order valence-electron chi connectivity index (χ4n) is 4.69. The van der Waals surface area contributed by atoms with Gasteiger partial charge in [0.2, 0.25) is 0 Å². The van der Waals surface area contributed by atoms with E-state index in [0.29, 0.717) is 15.7 Å².